The second kappa shape index (κ2) is 7.40. The summed E-state index contributed by atoms with van der Waals surface area (Å²) in [7, 11) is 0. The molecule has 0 heterocycles. The van der Waals surface area contributed by atoms with Gasteiger partial charge >= 0.3 is 0 Å². The minimum atomic E-state index is 0.185. The summed E-state index contributed by atoms with van der Waals surface area (Å²) in [5.41, 5.74) is 11.3. The lowest BCUT2D eigenvalue weighted by molar-refractivity contribution is -0.499. The zero-order valence-corrected chi connectivity index (χ0v) is 12.6. The molecule has 0 radical (unpaired) electrons. The Morgan fingerprint density at radius 1 is 1.24 bits per heavy atom. The number of nitrogens with two attached hydrogens (primary N) is 1. The van der Waals surface area contributed by atoms with Crippen LogP contribution in [0.5, 0.6) is 5.75 Å². The van der Waals surface area contributed by atoms with E-state index >= 15 is 0 Å². The highest BCUT2D eigenvalue weighted by atomic mass is 32.1. The molecule has 5 heteroatoms. The van der Waals surface area contributed by atoms with E-state index < -0.39 is 0 Å². The number of ether oxygens (including phenoxy) is 1. The van der Waals surface area contributed by atoms with E-state index in [0.29, 0.717) is 6.61 Å². The molecule has 0 aliphatic rings. The topological polar surface area (TPSA) is 61.2 Å². The zero-order chi connectivity index (χ0) is 15.1. The maximum atomic E-state index is 5.86. The molecule has 0 amide bonds. The van der Waals surface area contributed by atoms with Gasteiger partial charge in [0.1, 0.15) is 12.4 Å². The summed E-state index contributed by atoms with van der Waals surface area (Å²) in [4.78, 5) is 0. The summed E-state index contributed by atoms with van der Waals surface area (Å²) < 4.78 is 5.86. The van der Waals surface area contributed by atoms with E-state index in [4.69, 9.17) is 22.7 Å². The van der Waals surface area contributed by atoms with Crippen LogP contribution in [0.4, 0.5) is 0 Å². The maximum Gasteiger partial charge on any atom is 0.221 e. The molecule has 0 aliphatic heterocycles. The van der Waals surface area contributed by atoms with Crippen molar-refractivity contribution in [3.05, 3.63) is 65.2 Å². The molecule has 2 rings (SSSR count). The van der Waals surface area contributed by atoms with Crippen LogP contribution in [0.15, 0.2) is 48.5 Å². The highest BCUT2D eigenvalue weighted by molar-refractivity contribution is 7.80. The number of rotatable bonds is 5. The molecule has 0 aliphatic carbocycles. The van der Waals surface area contributed by atoms with Gasteiger partial charge in [-0.25, -0.2) is 0 Å². The largest absolute Gasteiger partial charge is 0.488 e. The van der Waals surface area contributed by atoms with Crippen LogP contribution in [0.1, 0.15) is 16.7 Å². The Kier molecular flexibility index (Phi) is 5.29. The molecule has 0 aromatic heterocycles. The molecule has 4 nitrogen and oxygen atoms in total. The molecule has 2 aromatic carbocycles. The van der Waals surface area contributed by atoms with Crippen molar-refractivity contribution in [1.29, 1.82) is 0 Å². The molecule has 4 N–H and O–H groups in total. The molecule has 0 spiro atoms. The molecule has 108 valence electrons. The van der Waals surface area contributed by atoms with E-state index in [9.17, 15) is 0 Å². The first kappa shape index (κ1) is 15.0. The van der Waals surface area contributed by atoms with Crippen LogP contribution in [0.25, 0.3) is 0 Å². The number of para-hydroxylation sites is 1. The van der Waals surface area contributed by atoms with Gasteiger partial charge in [0.15, 0.2) is 0 Å². The van der Waals surface area contributed by atoms with Crippen molar-refractivity contribution >= 4 is 23.5 Å². The zero-order valence-electron chi connectivity index (χ0n) is 11.8. The number of hydrazine groups is 1. The third-order valence-corrected chi connectivity index (χ3v) is 2.96. The van der Waals surface area contributed by atoms with Crippen molar-refractivity contribution in [2.75, 3.05) is 0 Å². The van der Waals surface area contributed by atoms with Gasteiger partial charge in [-0.1, -0.05) is 42.0 Å². The number of benzene rings is 2. The molecule has 0 bridgehead atoms. The SMILES string of the molecule is Cc1ccc(COc2ccccc2C=[NH+]NC(N)=S)cc1. The van der Waals surface area contributed by atoms with Crippen LogP contribution in [-0.2, 0) is 6.61 Å². The molecule has 0 saturated heterocycles. The molecule has 0 fully saturated rings. The highest BCUT2D eigenvalue weighted by Gasteiger charge is 2.03. The smallest absolute Gasteiger partial charge is 0.221 e. The van der Waals surface area contributed by atoms with E-state index in [0.717, 1.165) is 16.9 Å². The van der Waals surface area contributed by atoms with Gasteiger partial charge in [-0.15, -0.1) is 10.5 Å². The fourth-order valence-electron chi connectivity index (χ4n) is 1.76. The Morgan fingerprint density at radius 3 is 2.67 bits per heavy atom. The van der Waals surface area contributed by atoms with Crippen molar-refractivity contribution < 1.29 is 9.84 Å². The van der Waals surface area contributed by atoms with E-state index in [1.165, 1.54) is 5.56 Å². The first-order valence-corrected chi connectivity index (χ1v) is 6.97. The van der Waals surface area contributed by atoms with Crippen LogP contribution in [-0.4, -0.2) is 11.3 Å². The third-order valence-electron chi connectivity index (χ3n) is 2.86. The monoisotopic (exact) mass is 300 g/mol. The van der Waals surface area contributed by atoms with E-state index in [-0.39, 0.29) is 5.11 Å². The Morgan fingerprint density at radius 2 is 1.95 bits per heavy atom. The van der Waals surface area contributed by atoms with Crippen molar-refractivity contribution in [3.8, 4) is 5.75 Å². The van der Waals surface area contributed by atoms with Gasteiger partial charge in [-0.05, 0) is 36.8 Å². The predicted molar refractivity (Wildman–Crippen MR) is 88.0 cm³/mol. The molecule has 0 atom stereocenters. The van der Waals surface area contributed by atoms with Gasteiger partial charge < -0.3 is 10.5 Å². The number of hydrogen-bond acceptors (Lipinski definition) is 2. The van der Waals surface area contributed by atoms with Gasteiger partial charge in [0.25, 0.3) is 0 Å². The summed E-state index contributed by atoms with van der Waals surface area (Å²) >= 11 is 4.72. The molecule has 0 saturated carbocycles. The van der Waals surface area contributed by atoms with Crippen molar-refractivity contribution in [3.63, 3.8) is 0 Å². The van der Waals surface area contributed by atoms with E-state index in [1.54, 1.807) is 6.21 Å². The van der Waals surface area contributed by atoms with E-state index in [2.05, 4.69) is 41.7 Å². The van der Waals surface area contributed by atoms with Crippen molar-refractivity contribution in [1.82, 2.24) is 5.43 Å². The lowest BCUT2D eigenvalue weighted by Gasteiger charge is -2.08. The first-order chi connectivity index (χ1) is 10.1. The summed E-state index contributed by atoms with van der Waals surface area (Å²) in [6, 6.07) is 16.0. The Balaban J connectivity index is 2.04. The molecule has 0 unspecified atom stereocenters. The number of hydrazone groups is 1. The average molecular weight is 300 g/mol. The molecular weight excluding hydrogens is 282 g/mol. The summed E-state index contributed by atoms with van der Waals surface area (Å²) in [5, 5.41) is 3.01. The lowest BCUT2D eigenvalue weighted by Crippen LogP contribution is -2.82. The maximum absolute atomic E-state index is 5.86. The second-order valence-electron chi connectivity index (χ2n) is 4.59. The standard InChI is InChI=1S/C16H17N3OS/c1-12-6-8-13(9-7-12)11-20-15-5-3-2-4-14(15)10-18-19-16(17)21/h2-10H,11H2,1H3,(H3,17,19,21)/p+1. The van der Waals surface area contributed by atoms with Crippen LogP contribution in [0.2, 0.25) is 0 Å². The fourth-order valence-corrected chi connectivity index (χ4v) is 1.82. The van der Waals surface area contributed by atoms with Crippen molar-refractivity contribution in [2.45, 2.75) is 13.5 Å². The second-order valence-corrected chi connectivity index (χ2v) is 5.03. The van der Waals surface area contributed by atoms with Crippen LogP contribution < -0.4 is 21.0 Å². The fraction of sp³-hybridized carbons (Fsp3) is 0.125. The minimum absolute atomic E-state index is 0.185. The van der Waals surface area contributed by atoms with Gasteiger partial charge in [-0.2, -0.15) is 0 Å². The molecule has 21 heavy (non-hydrogen) atoms. The minimum Gasteiger partial charge on any atom is -0.488 e. The van der Waals surface area contributed by atoms with E-state index in [1.807, 2.05) is 24.3 Å². The highest BCUT2D eigenvalue weighted by Crippen LogP contribution is 2.17. The summed E-state index contributed by atoms with van der Waals surface area (Å²) in [5.74, 6) is 0.787. The molecular formula is C16H18N3OS+. The number of aryl methyl sites for hydroxylation is 1. The first-order valence-electron chi connectivity index (χ1n) is 6.57. The Labute approximate surface area is 129 Å². The van der Waals surface area contributed by atoms with Gasteiger partial charge in [0, 0.05) is 0 Å². The number of nitrogens with one attached hydrogen (secondary N) is 2. The Bertz CT molecular complexity index is 638. The quantitative estimate of drug-likeness (QED) is 0.435. The van der Waals surface area contributed by atoms with Gasteiger partial charge in [0.05, 0.1) is 5.56 Å². The predicted octanol–water partition coefficient (Wildman–Crippen LogP) is 0.822. The third kappa shape index (κ3) is 4.89. The summed E-state index contributed by atoms with van der Waals surface area (Å²) in [6.45, 7) is 2.59. The average Bonchev–Trinajstić information content (AvgIpc) is 2.47. The van der Waals surface area contributed by atoms with Crippen LogP contribution in [0.3, 0.4) is 0 Å². The molecule has 2 aromatic rings. The van der Waals surface area contributed by atoms with Gasteiger partial charge in [-0.3, -0.25) is 0 Å². The van der Waals surface area contributed by atoms with Crippen LogP contribution >= 0.6 is 12.2 Å². The summed E-state index contributed by atoms with van der Waals surface area (Å²) in [6.07, 6.45) is 1.75. The van der Waals surface area contributed by atoms with Crippen molar-refractivity contribution in [2.24, 2.45) is 5.73 Å². The number of hydrogen-bond donors (Lipinski definition) is 3. The normalized spacial score (nSPS) is 10.5. The number of thiocarbonyl (C=S) groups is 1. The van der Waals surface area contributed by atoms with Crippen LogP contribution in [0, 0.1) is 6.92 Å². The lowest BCUT2D eigenvalue weighted by atomic mass is 10.1. The Hall–Kier alpha value is -2.40. The van der Waals surface area contributed by atoms with Gasteiger partial charge in [0.2, 0.25) is 11.3 Å².